The number of rotatable bonds is 5. The molecule has 0 aromatic carbocycles. The fraction of sp³-hybridized carbons (Fsp3) is 0.588. The molecule has 0 N–H and O–H groups in total. The second-order valence-electron chi connectivity index (χ2n) is 6.50. The zero-order chi connectivity index (χ0) is 22.0. The highest BCUT2D eigenvalue weighted by atomic mass is 16.8. The van der Waals surface area contributed by atoms with Gasteiger partial charge >= 0.3 is 23.8 Å². The number of nitro groups is 1. The third-order valence-electron chi connectivity index (χ3n) is 4.19. The van der Waals surface area contributed by atoms with Crippen molar-refractivity contribution in [2.24, 2.45) is 0 Å². The summed E-state index contributed by atoms with van der Waals surface area (Å²) < 4.78 is 37.6. The summed E-state index contributed by atoms with van der Waals surface area (Å²) in [6.07, 6.45) is -6.97. The standard InChI is InChI=1S/C17H19NO12/c1-7(19)25-14-13-11(29-17(27-9(3)21)15(14)26-8(2)20)6-24-16(30-13)10-4-5-12(28-10)18(22)23/h4-5,11,13-17H,6H2,1-3H3/t11-,13+,14-,15+,16+,17-/m1/s1. The van der Waals surface area contributed by atoms with Gasteiger partial charge in [-0.2, -0.15) is 0 Å². The smallest absolute Gasteiger partial charge is 0.433 e. The van der Waals surface area contributed by atoms with E-state index in [-0.39, 0.29) is 12.4 Å². The largest absolute Gasteiger partial charge is 0.455 e. The molecule has 2 aliphatic heterocycles. The van der Waals surface area contributed by atoms with Gasteiger partial charge < -0.3 is 32.8 Å². The molecule has 0 spiro atoms. The van der Waals surface area contributed by atoms with E-state index in [9.17, 15) is 24.5 Å². The van der Waals surface area contributed by atoms with Crippen LogP contribution >= 0.6 is 0 Å². The minimum atomic E-state index is -1.37. The fourth-order valence-corrected chi connectivity index (χ4v) is 3.16. The van der Waals surface area contributed by atoms with Crippen LogP contribution in [0.1, 0.15) is 32.8 Å². The van der Waals surface area contributed by atoms with E-state index in [0.717, 1.165) is 26.8 Å². The molecule has 30 heavy (non-hydrogen) atoms. The number of carbonyl (C=O) groups is 3. The quantitative estimate of drug-likeness (QED) is 0.280. The maximum atomic E-state index is 11.7. The van der Waals surface area contributed by atoms with E-state index in [0.29, 0.717) is 0 Å². The molecule has 164 valence electrons. The third-order valence-corrected chi connectivity index (χ3v) is 4.19. The van der Waals surface area contributed by atoms with E-state index in [2.05, 4.69) is 0 Å². The van der Waals surface area contributed by atoms with Crippen molar-refractivity contribution in [1.82, 2.24) is 0 Å². The van der Waals surface area contributed by atoms with Crippen molar-refractivity contribution in [3.05, 3.63) is 28.0 Å². The number of carbonyl (C=O) groups excluding carboxylic acids is 3. The van der Waals surface area contributed by atoms with Crippen molar-refractivity contribution in [2.45, 2.75) is 57.8 Å². The molecule has 0 radical (unpaired) electrons. The highest BCUT2D eigenvalue weighted by Crippen LogP contribution is 2.37. The van der Waals surface area contributed by atoms with Crippen LogP contribution in [0.4, 0.5) is 5.88 Å². The molecule has 0 saturated carbocycles. The molecule has 13 heteroatoms. The molecular formula is C17H19NO12. The van der Waals surface area contributed by atoms with E-state index >= 15 is 0 Å². The summed E-state index contributed by atoms with van der Waals surface area (Å²) in [5.74, 6) is -2.66. The van der Waals surface area contributed by atoms with Crippen LogP contribution < -0.4 is 0 Å². The van der Waals surface area contributed by atoms with Crippen LogP contribution in [0.5, 0.6) is 0 Å². The lowest BCUT2D eigenvalue weighted by Gasteiger charge is -2.47. The Bertz CT molecular complexity index is 834. The highest BCUT2D eigenvalue weighted by Gasteiger charge is 2.55. The summed E-state index contributed by atoms with van der Waals surface area (Å²) >= 11 is 0. The maximum absolute atomic E-state index is 11.7. The zero-order valence-electron chi connectivity index (χ0n) is 16.2. The van der Waals surface area contributed by atoms with Gasteiger partial charge in [0.25, 0.3) is 0 Å². The first-order chi connectivity index (χ1) is 14.2. The lowest BCUT2D eigenvalue weighted by Crippen LogP contribution is -2.64. The number of fused-ring (bicyclic) bond motifs is 1. The molecule has 0 unspecified atom stereocenters. The maximum Gasteiger partial charge on any atom is 0.433 e. The Balaban J connectivity index is 1.88. The van der Waals surface area contributed by atoms with E-state index in [4.69, 9.17) is 32.8 Å². The molecular weight excluding hydrogens is 410 g/mol. The molecule has 6 atom stereocenters. The van der Waals surface area contributed by atoms with E-state index in [1.165, 1.54) is 6.07 Å². The molecule has 0 aliphatic carbocycles. The number of furan rings is 1. The van der Waals surface area contributed by atoms with Crippen LogP contribution in [0.2, 0.25) is 0 Å². The Hall–Kier alpha value is -3.03. The summed E-state index contributed by atoms with van der Waals surface area (Å²) in [5.41, 5.74) is 0. The lowest BCUT2D eigenvalue weighted by molar-refractivity contribution is -0.404. The third kappa shape index (κ3) is 4.75. The van der Waals surface area contributed by atoms with E-state index < -0.39 is 65.7 Å². The molecule has 0 bridgehead atoms. The fourth-order valence-electron chi connectivity index (χ4n) is 3.16. The molecule has 2 saturated heterocycles. The van der Waals surface area contributed by atoms with Gasteiger partial charge in [-0.1, -0.05) is 0 Å². The van der Waals surface area contributed by atoms with Gasteiger partial charge in [0.2, 0.25) is 18.7 Å². The molecule has 1 aromatic rings. The normalized spacial score (nSPS) is 30.6. The molecule has 0 amide bonds. The summed E-state index contributed by atoms with van der Waals surface area (Å²) in [7, 11) is 0. The van der Waals surface area contributed by atoms with Gasteiger partial charge in [0, 0.05) is 20.8 Å². The van der Waals surface area contributed by atoms with Crippen LogP contribution in [0.3, 0.4) is 0 Å². The van der Waals surface area contributed by atoms with Crippen LogP contribution in [0.25, 0.3) is 0 Å². The monoisotopic (exact) mass is 429 g/mol. The number of ether oxygens (including phenoxy) is 6. The van der Waals surface area contributed by atoms with Gasteiger partial charge in [-0.05, 0) is 6.07 Å². The van der Waals surface area contributed by atoms with Crippen molar-refractivity contribution in [1.29, 1.82) is 0 Å². The first-order valence-electron chi connectivity index (χ1n) is 8.84. The van der Waals surface area contributed by atoms with Crippen LogP contribution in [-0.2, 0) is 42.8 Å². The van der Waals surface area contributed by atoms with Crippen molar-refractivity contribution in [3.8, 4) is 0 Å². The zero-order valence-corrected chi connectivity index (χ0v) is 16.2. The number of hydrogen-bond donors (Lipinski definition) is 0. The Morgan fingerprint density at radius 2 is 1.63 bits per heavy atom. The van der Waals surface area contributed by atoms with Crippen molar-refractivity contribution in [3.63, 3.8) is 0 Å². The second kappa shape index (κ2) is 8.77. The van der Waals surface area contributed by atoms with Crippen molar-refractivity contribution in [2.75, 3.05) is 6.61 Å². The summed E-state index contributed by atoms with van der Waals surface area (Å²) in [6.45, 7) is 3.28. The molecule has 2 fully saturated rings. The number of hydrogen-bond acceptors (Lipinski definition) is 12. The van der Waals surface area contributed by atoms with Gasteiger partial charge in [-0.15, -0.1) is 0 Å². The van der Waals surface area contributed by atoms with Crippen molar-refractivity contribution >= 4 is 23.8 Å². The van der Waals surface area contributed by atoms with Crippen LogP contribution in [-0.4, -0.2) is 60.1 Å². The van der Waals surface area contributed by atoms with Gasteiger partial charge in [-0.25, -0.2) is 0 Å². The SMILES string of the molecule is CC(=O)O[C@@H]1O[C@@H]2CO[C@H](c3ccc([N+](=O)[O-])o3)O[C@@H]2[C@@H](OC(C)=O)[C@@H]1OC(C)=O. The van der Waals surface area contributed by atoms with E-state index in [1.54, 1.807) is 0 Å². The van der Waals surface area contributed by atoms with Gasteiger partial charge in [0.1, 0.15) is 17.1 Å². The molecule has 3 heterocycles. The van der Waals surface area contributed by atoms with Gasteiger partial charge in [0.15, 0.2) is 11.9 Å². The molecule has 2 aliphatic rings. The van der Waals surface area contributed by atoms with Crippen LogP contribution in [0.15, 0.2) is 16.5 Å². The topological polar surface area (TPSA) is 163 Å². The predicted molar refractivity (Wildman–Crippen MR) is 90.5 cm³/mol. The van der Waals surface area contributed by atoms with E-state index in [1.807, 2.05) is 0 Å². The van der Waals surface area contributed by atoms with Gasteiger partial charge in [0.05, 0.1) is 12.7 Å². The Kier molecular flexibility index (Phi) is 6.34. The number of nitrogens with zero attached hydrogens (tertiary/aromatic N) is 1. The highest BCUT2D eigenvalue weighted by molar-refractivity contribution is 5.68. The van der Waals surface area contributed by atoms with Crippen molar-refractivity contribution < 1.29 is 52.1 Å². The Labute approximate surface area is 169 Å². The minimum absolute atomic E-state index is 0.00729. The Morgan fingerprint density at radius 1 is 1.00 bits per heavy atom. The lowest BCUT2D eigenvalue weighted by atomic mass is 9.97. The molecule has 13 nitrogen and oxygen atoms in total. The molecule has 3 rings (SSSR count). The second-order valence-corrected chi connectivity index (χ2v) is 6.50. The van der Waals surface area contributed by atoms with Gasteiger partial charge in [-0.3, -0.25) is 24.5 Å². The first kappa shape index (κ1) is 21.7. The Morgan fingerprint density at radius 3 is 2.20 bits per heavy atom. The first-order valence-corrected chi connectivity index (χ1v) is 8.84. The van der Waals surface area contributed by atoms with Crippen LogP contribution in [0, 0.1) is 10.1 Å². The summed E-state index contributed by atoms with van der Waals surface area (Å²) in [4.78, 5) is 44.8. The average molecular weight is 429 g/mol. The summed E-state index contributed by atoms with van der Waals surface area (Å²) in [6, 6.07) is 2.44. The number of esters is 3. The minimum Gasteiger partial charge on any atom is -0.455 e. The summed E-state index contributed by atoms with van der Waals surface area (Å²) in [5, 5.41) is 10.8. The molecule has 1 aromatic heterocycles. The average Bonchev–Trinajstić information content (AvgIpc) is 3.13. The predicted octanol–water partition coefficient (Wildman–Crippen LogP) is 0.753.